The van der Waals surface area contributed by atoms with Crippen molar-refractivity contribution in [2.75, 3.05) is 5.75 Å². The molecule has 1 amide bonds. The lowest BCUT2D eigenvalue weighted by Gasteiger charge is -2.36. The van der Waals surface area contributed by atoms with Crippen molar-refractivity contribution in [3.8, 4) is 22.6 Å². The molecule has 0 radical (unpaired) electrons. The van der Waals surface area contributed by atoms with Gasteiger partial charge in [0.1, 0.15) is 5.75 Å². The smallest absolute Gasteiger partial charge is 0.303 e. The molecule has 13 heteroatoms. The van der Waals surface area contributed by atoms with E-state index >= 15 is 0 Å². The number of carbonyl (C=O) groups excluding carboxylic acids is 1. The van der Waals surface area contributed by atoms with E-state index in [9.17, 15) is 19.8 Å². The number of phenolic OH excluding ortho intramolecular Hbond substituents is 1. The number of ether oxygens (including phenoxy) is 2. The number of aromatic nitrogens is 4. The first kappa shape index (κ1) is 33.8. The van der Waals surface area contributed by atoms with E-state index in [0.29, 0.717) is 23.9 Å². The highest BCUT2D eigenvalue weighted by molar-refractivity contribution is 7.99. The lowest BCUT2D eigenvalue weighted by Crippen LogP contribution is -2.31. The highest BCUT2D eigenvalue weighted by Crippen LogP contribution is 2.40. The molecule has 4 N–H and O–H groups in total. The molecule has 1 aliphatic rings. The Hall–Kier alpha value is -5.08. The average molecular weight is 682 g/mol. The minimum Gasteiger partial charge on any atom is -0.508 e. The van der Waals surface area contributed by atoms with Gasteiger partial charge in [0.15, 0.2) is 6.29 Å². The number of rotatable bonds is 13. The van der Waals surface area contributed by atoms with Crippen LogP contribution in [0.25, 0.3) is 16.8 Å². The number of aliphatic carboxylic acids is 1. The van der Waals surface area contributed by atoms with Gasteiger partial charge in [-0.25, -0.2) is 0 Å². The molecule has 252 valence electrons. The summed E-state index contributed by atoms with van der Waals surface area (Å²) in [5.41, 5.74) is 6.23. The molecule has 3 atom stereocenters. The van der Waals surface area contributed by atoms with E-state index in [2.05, 4.69) is 20.8 Å². The summed E-state index contributed by atoms with van der Waals surface area (Å²) >= 11 is 1.47. The van der Waals surface area contributed by atoms with E-state index in [1.54, 1.807) is 28.9 Å². The van der Waals surface area contributed by atoms with Gasteiger partial charge in [0.05, 0.1) is 30.9 Å². The Morgan fingerprint density at radius 2 is 1.63 bits per heavy atom. The minimum absolute atomic E-state index is 0.0385. The number of carboxylic acid groups (broad SMARTS) is 1. The molecule has 4 aromatic carbocycles. The third-order valence-electron chi connectivity index (χ3n) is 8.05. The van der Waals surface area contributed by atoms with Gasteiger partial charge >= 0.3 is 5.97 Å². The number of hydrogen-bond donors (Lipinski definition) is 4. The summed E-state index contributed by atoms with van der Waals surface area (Å²) in [5.74, 6) is -0.596. The number of carboxylic acids is 1. The molecule has 1 aliphatic heterocycles. The number of thioether (sulfide) groups is 1. The van der Waals surface area contributed by atoms with Gasteiger partial charge in [-0.1, -0.05) is 78.5 Å². The summed E-state index contributed by atoms with van der Waals surface area (Å²) in [6.45, 7) is 0.263. The SMILES string of the molecule is O=C(O)CCC(=O)NCc1cccc(-c2ccc([C@H]3O[C@@H](CSc4nnnn4-c4ccc(O)cc4)C[C@@H](c4ccc(CO)cc4)O3)cc2)c1. The van der Waals surface area contributed by atoms with E-state index in [0.717, 1.165) is 39.1 Å². The third kappa shape index (κ3) is 8.89. The Morgan fingerprint density at radius 1 is 0.878 bits per heavy atom. The van der Waals surface area contributed by atoms with Crippen molar-refractivity contribution in [1.82, 2.24) is 25.5 Å². The molecule has 0 aliphatic carbocycles. The van der Waals surface area contributed by atoms with Crippen molar-refractivity contribution < 1.29 is 34.4 Å². The maximum absolute atomic E-state index is 12.0. The van der Waals surface area contributed by atoms with Crippen LogP contribution in [-0.4, -0.2) is 59.3 Å². The second-order valence-electron chi connectivity index (χ2n) is 11.5. The number of aromatic hydroxyl groups is 1. The molecule has 1 aromatic heterocycles. The first-order valence-corrected chi connectivity index (χ1v) is 16.7. The van der Waals surface area contributed by atoms with Gasteiger partial charge in [-0.2, -0.15) is 4.68 Å². The monoisotopic (exact) mass is 681 g/mol. The van der Waals surface area contributed by atoms with E-state index < -0.39 is 12.3 Å². The summed E-state index contributed by atoms with van der Waals surface area (Å²) in [6, 6.07) is 30.1. The van der Waals surface area contributed by atoms with Crippen LogP contribution in [0.2, 0.25) is 0 Å². The Morgan fingerprint density at radius 3 is 2.37 bits per heavy atom. The molecule has 5 aromatic rings. The first-order chi connectivity index (χ1) is 23.8. The van der Waals surface area contributed by atoms with Crippen LogP contribution in [-0.2, 0) is 32.2 Å². The fourth-order valence-corrected chi connectivity index (χ4v) is 6.33. The summed E-state index contributed by atoms with van der Waals surface area (Å²) < 4.78 is 14.6. The fourth-order valence-electron chi connectivity index (χ4n) is 5.42. The standard InChI is InChI=1S/C36H35N5O7S/c42-21-23-4-6-26(7-5-23)32-19-31(22-49-36-38-39-40-41(36)29-12-14-30(43)15-13-29)47-35(48-32)27-10-8-25(9-11-27)28-3-1-2-24(18-28)20-37-33(44)16-17-34(45)46/h1-15,18,31-32,35,42-43H,16-17,19-22H2,(H,37,44)(H,45,46)/t31-,32+,35+/m1/s1. The second-order valence-corrected chi connectivity index (χ2v) is 12.5. The van der Waals surface area contributed by atoms with E-state index in [4.69, 9.17) is 14.6 Å². The van der Waals surface area contributed by atoms with Gasteiger partial charge in [0.2, 0.25) is 11.1 Å². The summed E-state index contributed by atoms with van der Waals surface area (Å²) in [6.07, 6.45) is -0.776. The zero-order valence-corrected chi connectivity index (χ0v) is 27.2. The summed E-state index contributed by atoms with van der Waals surface area (Å²) in [4.78, 5) is 22.7. The number of carbonyl (C=O) groups is 2. The second kappa shape index (κ2) is 15.9. The molecule has 6 rings (SSSR count). The van der Waals surface area contributed by atoms with Crippen molar-refractivity contribution in [2.45, 2.75) is 56.1 Å². The topological polar surface area (TPSA) is 169 Å². The maximum atomic E-state index is 12.0. The van der Waals surface area contributed by atoms with Gasteiger partial charge in [-0.3, -0.25) is 9.59 Å². The molecule has 0 saturated carbocycles. The Bertz CT molecular complexity index is 1870. The number of nitrogens with zero attached hydrogens (tertiary/aromatic N) is 4. The third-order valence-corrected chi connectivity index (χ3v) is 9.10. The molecular weight excluding hydrogens is 646 g/mol. The number of benzene rings is 4. The van der Waals surface area contributed by atoms with Gasteiger partial charge < -0.3 is 30.1 Å². The Kier molecular flexibility index (Phi) is 11.0. The van der Waals surface area contributed by atoms with Crippen molar-refractivity contribution in [1.29, 1.82) is 0 Å². The maximum Gasteiger partial charge on any atom is 0.303 e. The molecule has 1 fully saturated rings. The van der Waals surface area contributed by atoms with Gasteiger partial charge in [-0.15, -0.1) is 5.10 Å². The number of amides is 1. The van der Waals surface area contributed by atoms with Crippen molar-refractivity contribution in [3.05, 3.63) is 119 Å². The molecule has 12 nitrogen and oxygen atoms in total. The van der Waals surface area contributed by atoms with Crippen LogP contribution in [0, 0.1) is 0 Å². The van der Waals surface area contributed by atoms with Gasteiger partial charge in [-0.05, 0) is 68.6 Å². The Balaban J connectivity index is 1.16. The molecule has 0 bridgehead atoms. The highest BCUT2D eigenvalue weighted by Gasteiger charge is 2.32. The molecule has 0 unspecified atom stereocenters. The van der Waals surface area contributed by atoms with Crippen LogP contribution in [0.4, 0.5) is 0 Å². The van der Waals surface area contributed by atoms with Crippen LogP contribution in [0.15, 0.2) is 102 Å². The van der Waals surface area contributed by atoms with Crippen LogP contribution >= 0.6 is 11.8 Å². The van der Waals surface area contributed by atoms with Gasteiger partial charge in [0.25, 0.3) is 0 Å². The zero-order chi connectivity index (χ0) is 34.2. The number of hydrogen-bond acceptors (Lipinski definition) is 10. The number of nitrogens with one attached hydrogen (secondary N) is 1. The van der Waals surface area contributed by atoms with Crippen molar-refractivity contribution in [2.24, 2.45) is 0 Å². The molecule has 1 saturated heterocycles. The van der Waals surface area contributed by atoms with E-state index in [-0.39, 0.29) is 43.3 Å². The highest BCUT2D eigenvalue weighted by atomic mass is 32.2. The largest absolute Gasteiger partial charge is 0.508 e. The molecular formula is C36H35N5O7S. The van der Waals surface area contributed by atoms with Crippen LogP contribution in [0.3, 0.4) is 0 Å². The van der Waals surface area contributed by atoms with Crippen molar-refractivity contribution >= 4 is 23.6 Å². The number of aliphatic hydroxyl groups is 1. The predicted octanol–water partition coefficient (Wildman–Crippen LogP) is 5.35. The van der Waals surface area contributed by atoms with E-state index in [1.807, 2.05) is 72.8 Å². The van der Waals surface area contributed by atoms with Crippen LogP contribution in [0.5, 0.6) is 5.75 Å². The minimum atomic E-state index is -1.00. The van der Waals surface area contributed by atoms with Crippen LogP contribution < -0.4 is 5.32 Å². The fraction of sp³-hybridized carbons (Fsp3) is 0.250. The van der Waals surface area contributed by atoms with E-state index in [1.165, 1.54) is 11.8 Å². The normalized spacial score (nSPS) is 17.4. The Labute approximate surface area is 286 Å². The molecule has 49 heavy (non-hydrogen) atoms. The lowest BCUT2D eigenvalue weighted by molar-refractivity contribution is -0.245. The molecule has 2 heterocycles. The summed E-state index contributed by atoms with van der Waals surface area (Å²) in [7, 11) is 0. The first-order valence-electron chi connectivity index (χ1n) is 15.7. The zero-order valence-electron chi connectivity index (χ0n) is 26.4. The average Bonchev–Trinajstić information content (AvgIpc) is 3.61. The quantitative estimate of drug-likeness (QED) is 0.118. The summed E-state index contributed by atoms with van der Waals surface area (Å²) in [5, 5.41) is 43.6. The molecule has 0 spiro atoms. The number of phenols is 1. The predicted molar refractivity (Wildman–Crippen MR) is 181 cm³/mol. The number of aliphatic hydroxyl groups excluding tert-OH is 1. The number of tetrazole rings is 1. The van der Waals surface area contributed by atoms with Crippen LogP contribution in [0.1, 0.15) is 53.9 Å². The lowest BCUT2D eigenvalue weighted by atomic mass is 9.99. The van der Waals surface area contributed by atoms with Crippen molar-refractivity contribution in [3.63, 3.8) is 0 Å². The van der Waals surface area contributed by atoms with Gasteiger partial charge in [0, 0.05) is 30.7 Å².